The lowest BCUT2D eigenvalue weighted by atomic mass is 9.43. The molecule has 4 aliphatic rings. The van der Waals surface area contributed by atoms with Gasteiger partial charge in [0.15, 0.2) is 5.79 Å². The van der Waals surface area contributed by atoms with Crippen LogP contribution < -0.4 is 0 Å². The molecule has 0 aromatic heterocycles. The molecule has 0 radical (unpaired) electrons. The molecule has 1 saturated heterocycles. The van der Waals surface area contributed by atoms with Crippen molar-refractivity contribution in [1.82, 2.24) is 0 Å². The summed E-state index contributed by atoms with van der Waals surface area (Å²) < 4.78 is 12.5. The molecule has 3 saturated carbocycles. The number of alkyl halides is 1. The molecular weight excluding hydrogens is 236 g/mol. The van der Waals surface area contributed by atoms with Gasteiger partial charge < -0.3 is 9.47 Å². The summed E-state index contributed by atoms with van der Waals surface area (Å²) in [7, 11) is 0. The first-order chi connectivity index (χ1) is 7.82. The molecule has 4 rings (SSSR count). The van der Waals surface area contributed by atoms with Gasteiger partial charge in [-0.15, -0.1) is 11.6 Å². The second kappa shape index (κ2) is 3.40. The summed E-state index contributed by atoms with van der Waals surface area (Å²) in [5.41, 5.74) is 0.274. The van der Waals surface area contributed by atoms with Crippen molar-refractivity contribution in [3.05, 3.63) is 0 Å². The maximum Gasteiger partial charge on any atom is 0.164 e. The van der Waals surface area contributed by atoms with Crippen LogP contribution in [0.25, 0.3) is 0 Å². The first-order valence-electron chi connectivity index (χ1n) is 6.76. The topological polar surface area (TPSA) is 18.5 Å². The quantitative estimate of drug-likeness (QED) is 0.705. The first-order valence-corrected chi connectivity index (χ1v) is 7.29. The lowest BCUT2D eigenvalue weighted by molar-refractivity contribution is -0.229. The van der Waals surface area contributed by atoms with Crippen LogP contribution in [0.15, 0.2) is 0 Å². The molecule has 2 nitrogen and oxygen atoms in total. The molecule has 0 N–H and O–H groups in total. The van der Waals surface area contributed by atoms with Gasteiger partial charge in [-0.2, -0.15) is 0 Å². The molecule has 0 unspecified atom stereocenters. The molecule has 0 aromatic rings. The molecule has 3 heteroatoms. The predicted octanol–water partition coefficient (Wildman–Crippen LogP) is 3.57. The Balaban J connectivity index is 1.96. The van der Waals surface area contributed by atoms with Gasteiger partial charge in [0.05, 0.1) is 6.10 Å². The van der Waals surface area contributed by atoms with Crippen LogP contribution in [0.1, 0.15) is 47.0 Å². The Hall–Kier alpha value is 0.210. The average molecular weight is 259 g/mol. The minimum absolute atomic E-state index is 0.122. The fourth-order valence-electron chi connectivity index (χ4n) is 4.57. The fraction of sp³-hybridized carbons (Fsp3) is 1.00. The van der Waals surface area contributed by atoms with Gasteiger partial charge in [0.25, 0.3) is 0 Å². The minimum atomic E-state index is -0.440. The maximum atomic E-state index is 6.36. The maximum absolute atomic E-state index is 6.36. The highest BCUT2D eigenvalue weighted by molar-refractivity contribution is 6.17. The monoisotopic (exact) mass is 258 g/mol. The summed E-state index contributed by atoms with van der Waals surface area (Å²) in [5, 5.41) is 0. The van der Waals surface area contributed by atoms with Crippen LogP contribution in [-0.4, -0.2) is 23.4 Å². The standard InChI is InChI=1S/C14H23ClO2/c1-12(2)9-7-10(12)14(5-6-15)11(8-9)16-13(3,4)17-14/h9-11H,5-8H2,1-4H3/t9-,10-,11-,14+/m0/s1. The summed E-state index contributed by atoms with van der Waals surface area (Å²) in [4.78, 5) is 0. The molecule has 4 fully saturated rings. The molecule has 1 aliphatic heterocycles. The summed E-state index contributed by atoms with van der Waals surface area (Å²) >= 11 is 6.03. The van der Waals surface area contributed by atoms with Gasteiger partial charge in [-0.05, 0) is 50.4 Å². The van der Waals surface area contributed by atoms with E-state index in [1.54, 1.807) is 0 Å². The van der Waals surface area contributed by atoms with E-state index < -0.39 is 5.79 Å². The van der Waals surface area contributed by atoms with Crippen molar-refractivity contribution in [3.8, 4) is 0 Å². The molecule has 0 spiro atoms. The van der Waals surface area contributed by atoms with Gasteiger partial charge in [-0.1, -0.05) is 13.8 Å². The minimum Gasteiger partial charge on any atom is -0.344 e. The Bertz CT molecular complexity index is 339. The SMILES string of the molecule is CC1(C)O[C@H]2C[C@@H]3C[C@@H](C3(C)C)[C@@]2(CCCl)O1. The number of ether oxygens (including phenoxy) is 2. The van der Waals surface area contributed by atoms with Gasteiger partial charge in [0.2, 0.25) is 0 Å². The third-order valence-electron chi connectivity index (χ3n) is 5.45. The van der Waals surface area contributed by atoms with Crippen LogP contribution in [-0.2, 0) is 9.47 Å². The Morgan fingerprint density at radius 1 is 1.18 bits per heavy atom. The Morgan fingerprint density at radius 2 is 1.88 bits per heavy atom. The molecule has 4 atom stereocenters. The first kappa shape index (κ1) is 12.3. The molecule has 0 aromatic carbocycles. The lowest BCUT2D eigenvalue weighted by Crippen LogP contribution is -2.66. The van der Waals surface area contributed by atoms with Crippen LogP contribution in [0.2, 0.25) is 0 Å². The summed E-state index contributed by atoms with van der Waals surface area (Å²) in [5.74, 6) is 1.63. The highest BCUT2D eigenvalue weighted by atomic mass is 35.5. The van der Waals surface area contributed by atoms with Crippen LogP contribution >= 0.6 is 11.6 Å². The van der Waals surface area contributed by atoms with Crippen LogP contribution in [0.4, 0.5) is 0 Å². The third-order valence-corrected chi connectivity index (χ3v) is 5.64. The fourth-order valence-corrected chi connectivity index (χ4v) is 4.87. The second-order valence-corrected chi connectivity index (χ2v) is 7.42. The normalized spacial score (nSPS) is 49.6. The molecule has 98 valence electrons. The number of hydrogen-bond acceptors (Lipinski definition) is 2. The smallest absolute Gasteiger partial charge is 0.164 e. The van der Waals surface area contributed by atoms with Crippen molar-refractivity contribution >= 4 is 11.6 Å². The Morgan fingerprint density at radius 3 is 2.47 bits per heavy atom. The van der Waals surface area contributed by atoms with Crippen LogP contribution in [0, 0.1) is 17.3 Å². The van der Waals surface area contributed by atoms with Crippen LogP contribution in [0.3, 0.4) is 0 Å². The number of halogens is 1. The van der Waals surface area contributed by atoms with E-state index in [2.05, 4.69) is 13.8 Å². The summed E-state index contributed by atoms with van der Waals surface area (Å²) in [6, 6.07) is 0. The highest BCUT2D eigenvalue weighted by Crippen LogP contribution is 2.67. The van der Waals surface area contributed by atoms with Crippen molar-refractivity contribution in [2.75, 3.05) is 5.88 Å². The predicted molar refractivity (Wildman–Crippen MR) is 68.1 cm³/mol. The zero-order valence-electron chi connectivity index (χ0n) is 11.3. The van der Waals surface area contributed by atoms with Gasteiger partial charge in [-0.25, -0.2) is 0 Å². The lowest BCUT2D eigenvalue weighted by Gasteiger charge is -2.64. The van der Waals surface area contributed by atoms with Gasteiger partial charge in [0, 0.05) is 5.88 Å². The van der Waals surface area contributed by atoms with E-state index in [4.69, 9.17) is 21.1 Å². The van der Waals surface area contributed by atoms with Crippen molar-refractivity contribution in [3.63, 3.8) is 0 Å². The van der Waals surface area contributed by atoms with Gasteiger partial charge >= 0.3 is 0 Å². The van der Waals surface area contributed by atoms with E-state index in [1.807, 2.05) is 13.8 Å². The van der Waals surface area contributed by atoms with E-state index in [0.717, 1.165) is 18.8 Å². The van der Waals surface area contributed by atoms with Crippen molar-refractivity contribution in [2.45, 2.75) is 64.4 Å². The molecule has 3 aliphatic carbocycles. The summed E-state index contributed by atoms with van der Waals surface area (Å²) in [6.45, 7) is 8.83. The van der Waals surface area contributed by atoms with Gasteiger partial charge in [0.1, 0.15) is 5.60 Å². The van der Waals surface area contributed by atoms with Crippen molar-refractivity contribution in [2.24, 2.45) is 17.3 Å². The Labute approximate surface area is 109 Å². The zero-order chi connectivity index (χ0) is 12.5. The van der Waals surface area contributed by atoms with Crippen LogP contribution in [0.5, 0.6) is 0 Å². The Kier molecular flexibility index (Phi) is 2.45. The molecule has 2 bridgehead atoms. The number of rotatable bonds is 2. The molecular formula is C14H23ClO2. The summed E-state index contributed by atoms with van der Waals surface area (Å²) in [6.07, 6.45) is 3.61. The molecule has 0 amide bonds. The second-order valence-electron chi connectivity index (χ2n) is 7.04. The van der Waals surface area contributed by atoms with E-state index in [1.165, 1.54) is 6.42 Å². The number of hydrogen-bond donors (Lipinski definition) is 0. The zero-order valence-corrected chi connectivity index (χ0v) is 12.0. The van der Waals surface area contributed by atoms with Crippen molar-refractivity contribution < 1.29 is 9.47 Å². The van der Waals surface area contributed by atoms with E-state index in [9.17, 15) is 0 Å². The highest BCUT2D eigenvalue weighted by Gasteiger charge is 2.70. The average Bonchev–Trinajstić information content (AvgIpc) is 2.47. The molecule has 1 heterocycles. The van der Waals surface area contributed by atoms with E-state index in [0.29, 0.717) is 17.2 Å². The van der Waals surface area contributed by atoms with E-state index >= 15 is 0 Å². The van der Waals surface area contributed by atoms with E-state index in [-0.39, 0.29) is 11.7 Å². The van der Waals surface area contributed by atoms with Crippen molar-refractivity contribution in [1.29, 1.82) is 0 Å². The largest absolute Gasteiger partial charge is 0.344 e. The third kappa shape index (κ3) is 1.47. The van der Waals surface area contributed by atoms with Gasteiger partial charge in [-0.3, -0.25) is 0 Å². The molecule has 17 heavy (non-hydrogen) atoms.